The zero-order chi connectivity index (χ0) is 10.6. The zero-order valence-electron chi connectivity index (χ0n) is 8.04. The van der Waals surface area contributed by atoms with Gasteiger partial charge in [-0.15, -0.1) is 0 Å². The van der Waals surface area contributed by atoms with Gasteiger partial charge in [0.05, 0.1) is 19.3 Å². The molecule has 1 rings (SSSR count). The molecule has 0 fully saturated rings. The molecule has 76 valence electrons. The molecule has 0 aliphatic heterocycles. The maximum absolute atomic E-state index is 11.4. The molecule has 0 aromatic heterocycles. The highest BCUT2D eigenvalue weighted by Gasteiger charge is 2.08. The van der Waals surface area contributed by atoms with Gasteiger partial charge < -0.3 is 9.47 Å². The number of carbonyl (C=O) groups is 1. The number of ether oxygens (including phenoxy) is 2. The Bertz CT molecular complexity index is 336. The second kappa shape index (κ2) is 5.00. The van der Waals surface area contributed by atoms with E-state index in [9.17, 15) is 4.79 Å². The molecular weight excluding hydrogens is 248 g/mol. The van der Waals surface area contributed by atoms with Gasteiger partial charge in [-0.3, -0.25) is 0 Å². The smallest absolute Gasteiger partial charge is 0.338 e. The van der Waals surface area contributed by atoms with Crippen LogP contribution in [0.1, 0.15) is 17.3 Å². The first kappa shape index (κ1) is 11.0. The average molecular weight is 259 g/mol. The number of hydrogen-bond acceptors (Lipinski definition) is 3. The summed E-state index contributed by atoms with van der Waals surface area (Å²) in [5.74, 6) is 0.287. The van der Waals surface area contributed by atoms with Crippen LogP contribution in [0.15, 0.2) is 22.7 Å². The van der Waals surface area contributed by atoms with Gasteiger partial charge in [-0.1, -0.05) is 15.9 Å². The van der Waals surface area contributed by atoms with E-state index >= 15 is 0 Å². The molecule has 3 nitrogen and oxygen atoms in total. The molecule has 14 heavy (non-hydrogen) atoms. The topological polar surface area (TPSA) is 35.5 Å². The minimum absolute atomic E-state index is 0.341. The largest absolute Gasteiger partial charge is 0.497 e. The average Bonchev–Trinajstić information content (AvgIpc) is 2.17. The van der Waals surface area contributed by atoms with Crippen molar-refractivity contribution in [3.05, 3.63) is 28.2 Å². The van der Waals surface area contributed by atoms with Crippen LogP contribution in [0.2, 0.25) is 0 Å². The van der Waals surface area contributed by atoms with Gasteiger partial charge in [0.25, 0.3) is 0 Å². The fourth-order valence-electron chi connectivity index (χ4n) is 1.01. The van der Waals surface area contributed by atoms with E-state index < -0.39 is 0 Å². The van der Waals surface area contributed by atoms with Crippen LogP contribution in [0, 0.1) is 0 Å². The van der Waals surface area contributed by atoms with Gasteiger partial charge in [0.1, 0.15) is 5.75 Å². The Morgan fingerprint density at radius 2 is 2.14 bits per heavy atom. The van der Waals surface area contributed by atoms with Crippen molar-refractivity contribution in [2.24, 2.45) is 0 Å². The fourth-order valence-corrected chi connectivity index (χ4v) is 1.49. The highest BCUT2D eigenvalue weighted by Crippen LogP contribution is 2.21. The van der Waals surface area contributed by atoms with E-state index in [0.29, 0.717) is 17.9 Å². The molecule has 4 heteroatoms. The van der Waals surface area contributed by atoms with Gasteiger partial charge in [-0.25, -0.2) is 4.79 Å². The van der Waals surface area contributed by atoms with Crippen LogP contribution < -0.4 is 4.74 Å². The predicted octanol–water partition coefficient (Wildman–Crippen LogP) is 2.63. The third-order valence-corrected chi connectivity index (χ3v) is 2.08. The van der Waals surface area contributed by atoms with Gasteiger partial charge in [-0.05, 0) is 25.1 Å². The molecule has 0 unspecified atom stereocenters. The number of carbonyl (C=O) groups excluding carboxylic acids is 1. The Hall–Kier alpha value is -1.03. The molecular formula is C10H11BrO3. The van der Waals surface area contributed by atoms with E-state index in [1.807, 2.05) is 0 Å². The number of esters is 1. The van der Waals surface area contributed by atoms with E-state index in [2.05, 4.69) is 15.9 Å². The molecule has 0 saturated heterocycles. The molecule has 1 aromatic rings. The lowest BCUT2D eigenvalue weighted by Gasteiger charge is -2.05. The van der Waals surface area contributed by atoms with Crippen molar-refractivity contribution >= 4 is 21.9 Å². The molecule has 0 N–H and O–H groups in total. The number of hydrogen-bond donors (Lipinski definition) is 0. The van der Waals surface area contributed by atoms with Crippen molar-refractivity contribution in [1.29, 1.82) is 0 Å². The first-order chi connectivity index (χ1) is 6.67. The highest BCUT2D eigenvalue weighted by atomic mass is 79.9. The Morgan fingerprint density at radius 3 is 2.71 bits per heavy atom. The fraction of sp³-hybridized carbons (Fsp3) is 0.300. The van der Waals surface area contributed by atoms with Gasteiger partial charge in [-0.2, -0.15) is 0 Å². The third-order valence-electron chi connectivity index (χ3n) is 1.62. The summed E-state index contributed by atoms with van der Waals surface area (Å²) < 4.78 is 10.7. The van der Waals surface area contributed by atoms with Gasteiger partial charge in [0.15, 0.2) is 0 Å². The number of halogens is 1. The Kier molecular flexibility index (Phi) is 3.95. The summed E-state index contributed by atoms with van der Waals surface area (Å²) in [6.07, 6.45) is 0. The molecule has 0 saturated carbocycles. The summed E-state index contributed by atoms with van der Waals surface area (Å²) in [6.45, 7) is 2.14. The van der Waals surface area contributed by atoms with E-state index in [1.165, 1.54) is 0 Å². The standard InChI is InChI=1S/C10H11BrO3/c1-3-14-10(12)7-4-8(11)6-9(5-7)13-2/h4-6H,3H2,1-2H3. The Morgan fingerprint density at radius 1 is 1.43 bits per heavy atom. The number of methoxy groups -OCH3 is 1. The first-order valence-electron chi connectivity index (χ1n) is 4.19. The van der Waals surface area contributed by atoms with Crippen molar-refractivity contribution in [2.75, 3.05) is 13.7 Å². The quantitative estimate of drug-likeness (QED) is 0.783. The summed E-state index contributed by atoms with van der Waals surface area (Å²) in [7, 11) is 1.55. The summed E-state index contributed by atoms with van der Waals surface area (Å²) in [5.41, 5.74) is 0.484. The maximum Gasteiger partial charge on any atom is 0.338 e. The second-order valence-electron chi connectivity index (χ2n) is 2.60. The minimum Gasteiger partial charge on any atom is -0.497 e. The summed E-state index contributed by atoms with van der Waals surface area (Å²) >= 11 is 3.29. The van der Waals surface area contributed by atoms with Gasteiger partial charge >= 0.3 is 5.97 Å². The molecule has 0 aliphatic rings. The van der Waals surface area contributed by atoms with Crippen LogP contribution in [0.4, 0.5) is 0 Å². The van der Waals surface area contributed by atoms with Crippen molar-refractivity contribution in [3.63, 3.8) is 0 Å². The van der Waals surface area contributed by atoms with Crippen LogP contribution >= 0.6 is 15.9 Å². The second-order valence-corrected chi connectivity index (χ2v) is 3.52. The van der Waals surface area contributed by atoms with E-state index in [4.69, 9.17) is 9.47 Å². The van der Waals surface area contributed by atoms with Crippen LogP contribution in [0.3, 0.4) is 0 Å². The highest BCUT2D eigenvalue weighted by molar-refractivity contribution is 9.10. The van der Waals surface area contributed by atoms with Crippen molar-refractivity contribution in [2.45, 2.75) is 6.92 Å². The van der Waals surface area contributed by atoms with Crippen LogP contribution in [0.5, 0.6) is 5.75 Å². The van der Waals surface area contributed by atoms with Crippen LogP contribution in [0.25, 0.3) is 0 Å². The summed E-state index contributed by atoms with van der Waals surface area (Å²) in [6, 6.07) is 5.12. The molecule has 0 amide bonds. The van der Waals surface area contributed by atoms with Crippen LogP contribution in [-0.4, -0.2) is 19.7 Å². The molecule has 0 aliphatic carbocycles. The molecule has 0 heterocycles. The van der Waals surface area contributed by atoms with E-state index in [1.54, 1.807) is 32.2 Å². The lowest BCUT2D eigenvalue weighted by molar-refractivity contribution is 0.0526. The first-order valence-corrected chi connectivity index (χ1v) is 4.98. The predicted molar refractivity (Wildman–Crippen MR) is 56.7 cm³/mol. The number of rotatable bonds is 3. The molecule has 0 spiro atoms. The maximum atomic E-state index is 11.4. The molecule has 0 bridgehead atoms. The third kappa shape index (κ3) is 2.73. The number of benzene rings is 1. The van der Waals surface area contributed by atoms with Gasteiger partial charge in [0.2, 0.25) is 0 Å². The Balaban J connectivity index is 2.96. The van der Waals surface area contributed by atoms with Crippen molar-refractivity contribution in [3.8, 4) is 5.75 Å². The molecule has 0 atom stereocenters. The van der Waals surface area contributed by atoms with Gasteiger partial charge in [0, 0.05) is 4.47 Å². The van der Waals surface area contributed by atoms with E-state index in [0.717, 1.165) is 4.47 Å². The molecule has 1 aromatic carbocycles. The lowest BCUT2D eigenvalue weighted by Crippen LogP contribution is -2.04. The SMILES string of the molecule is CCOC(=O)c1cc(Br)cc(OC)c1. The van der Waals surface area contributed by atoms with Crippen LogP contribution in [-0.2, 0) is 4.74 Å². The van der Waals surface area contributed by atoms with Crippen molar-refractivity contribution in [1.82, 2.24) is 0 Å². The normalized spacial score (nSPS) is 9.64. The summed E-state index contributed by atoms with van der Waals surface area (Å²) in [4.78, 5) is 11.4. The molecule has 0 radical (unpaired) electrons. The lowest BCUT2D eigenvalue weighted by atomic mass is 10.2. The van der Waals surface area contributed by atoms with E-state index in [-0.39, 0.29) is 5.97 Å². The Labute approximate surface area is 91.1 Å². The minimum atomic E-state index is -0.341. The summed E-state index contributed by atoms with van der Waals surface area (Å²) in [5, 5.41) is 0. The van der Waals surface area contributed by atoms with Crippen molar-refractivity contribution < 1.29 is 14.3 Å². The zero-order valence-corrected chi connectivity index (χ0v) is 9.63. The monoisotopic (exact) mass is 258 g/mol.